The van der Waals surface area contributed by atoms with Crippen molar-refractivity contribution < 1.29 is 13.9 Å². The molecule has 37 heavy (non-hydrogen) atoms. The maximum atomic E-state index is 14.6. The number of benzene rings is 1. The fraction of sp³-hybridized carbons (Fsp3) is 0.824. The Balaban J connectivity index is 1.32. The van der Waals surface area contributed by atoms with Gasteiger partial charge in [0.2, 0.25) is 0 Å². The zero-order valence-electron chi connectivity index (χ0n) is 24.1. The molecule has 0 heterocycles. The fourth-order valence-corrected chi connectivity index (χ4v) is 10.7. The van der Waals surface area contributed by atoms with Crippen molar-refractivity contribution in [3.8, 4) is 0 Å². The van der Waals surface area contributed by atoms with Gasteiger partial charge in [-0.2, -0.15) is 0 Å². The van der Waals surface area contributed by atoms with Crippen molar-refractivity contribution >= 4 is 0 Å². The summed E-state index contributed by atoms with van der Waals surface area (Å²) < 4.78 is 28.1. The van der Waals surface area contributed by atoms with E-state index in [2.05, 4.69) is 34.6 Å². The van der Waals surface area contributed by atoms with Gasteiger partial charge < -0.3 is 5.11 Å². The zero-order chi connectivity index (χ0) is 26.5. The zero-order valence-corrected chi connectivity index (χ0v) is 24.1. The molecule has 0 amide bonds. The molecule has 10 atom stereocenters. The molecule has 5 rings (SSSR count). The highest BCUT2D eigenvalue weighted by Crippen LogP contribution is 2.69. The van der Waals surface area contributed by atoms with E-state index in [1.54, 1.807) is 6.07 Å². The lowest BCUT2D eigenvalue weighted by atomic mass is 9.42. The molecule has 0 bridgehead atoms. The maximum Gasteiger partial charge on any atom is 0.129 e. The van der Waals surface area contributed by atoms with Gasteiger partial charge in [0.15, 0.2) is 0 Å². The summed E-state index contributed by atoms with van der Waals surface area (Å²) >= 11 is 0. The standard InChI is InChI=1S/C34H52F2O/c1-21(2)7-6-8-22(3)27-13-14-28-25-11-12-29-26(19-23-9-10-24(35)20-31(23)36)32(37)16-18-34(29,5)30(25)15-17-33(27,28)4/h9-10,20-22,25-30,32,37H,6-8,11-19H2,1-5H3/t22-,25+,26+,27-,28+,29+,30+,32+,33-,34+/m1/s1. The van der Waals surface area contributed by atoms with Gasteiger partial charge in [0.05, 0.1) is 6.10 Å². The molecule has 4 fully saturated rings. The molecule has 208 valence electrons. The van der Waals surface area contributed by atoms with Crippen LogP contribution in [-0.2, 0) is 6.42 Å². The van der Waals surface area contributed by atoms with Crippen LogP contribution in [0, 0.1) is 69.8 Å². The van der Waals surface area contributed by atoms with E-state index < -0.39 is 11.6 Å². The van der Waals surface area contributed by atoms with Crippen molar-refractivity contribution in [1.29, 1.82) is 0 Å². The van der Waals surface area contributed by atoms with Gasteiger partial charge in [0.25, 0.3) is 0 Å². The summed E-state index contributed by atoms with van der Waals surface area (Å²) in [6.45, 7) is 12.4. The van der Waals surface area contributed by atoms with Gasteiger partial charge in [0, 0.05) is 6.07 Å². The van der Waals surface area contributed by atoms with Gasteiger partial charge in [0.1, 0.15) is 11.6 Å². The van der Waals surface area contributed by atoms with Crippen molar-refractivity contribution in [1.82, 2.24) is 0 Å². The van der Waals surface area contributed by atoms with Crippen molar-refractivity contribution in [2.75, 3.05) is 0 Å². The van der Waals surface area contributed by atoms with Crippen molar-refractivity contribution in [2.24, 2.45) is 58.2 Å². The molecule has 4 aliphatic carbocycles. The van der Waals surface area contributed by atoms with Crippen LogP contribution >= 0.6 is 0 Å². The lowest BCUT2D eigenvalue weighted by molar-refractivity contribution is -0.152. The van der Waals surface area contributed by atoms with Crippen LogP contribution < -0.4 is 0 Å². The second-order valence-electron chi connectivity index (χ2n) is 14.8. The van der Waals surface area contributed by atoms with E-state index in [0.29, 0.717) is 23.3 Å². The molecule has 0 spiro atoms. The summed E-state index contributed by atoms with van der Waals surface area (Å²) in [7, 11) is 0. The number of rotatable bonds is 7. The number of hydrogen-bond acceptors (Lipinski definition) is 1. The predicted octanol–water partition coefficient (Wildman–Crippen LogP) is 9.22. The smallest absolute Gasteiger partial charge is 0.129 e. The van der Waals surface area contributed by atoms with Gasteiger partial charge in [-0.15, -0.1) is 0 Å². The Kier molecular flexibility index (Phi) is 7.87. The van der Waals surface area contributed by atoms with Crippen LogP contribution in [0.5, 0.6) is 0 Å². The first-order valence-corrected chi connectivity index (χ1v) is 15.7. The van der Waals surface area contributed by atoms with Gasteiger partial charge in [-0.3, -0.25) is 0 Å². The Morgan fingerprint density at radius 1 is 0.865 bits per heavy atom. The van der Waals surface area contributed by atoms with E-state index in [1.165, 1.54) is 57.4 Å². The predicted molar refractivity (Wildman–Crippen MR) is 148 cm³/mol. The number of aliphatic hydroxyl groups is 1. The monoisotopic (exact) mass is 514 g/mol. The van der Waals surface area contributed by atoms with Crippen LogP contribution in [0.3, 0.4) is 0 Å². The summed E-state index contributed by atoms with van der Waals surface area (Å²) in [5.41, 5.74) is 1.29. The Hall–Kier alpha value is -0.960. The molecule has 1 aromatic rings. The minimum Gasteiger partial charge on any atom is -0.393 e. The number of hydrogen-bond donors (Lipinski definition) is 1. The van der Waals surface area contributed by atoms with Gasteiger partial charge in [-0.05, 0) is 128 Å². The lowest BCUT2D eigenvalue weighted by Crippen LogP contribution is -2.57. The van der Waals surface area contributed by atoms with Crippen LogP contribution in [0.2, 0.25) is 0 Å². The SMILES string of the molecule is CC(C)CCC[C@@H](C)[C@H]1CC[C@H]2[C@@H]3CC[C@H]4[C@H](Cc5ccc(F)cc5F)[C@@H](O)CC[C@]4(C)[C@H]3CC[C@]12C. The minimum absolute atomic E-state index is 0.0743. The average molecular weight is 515 g/mol. The fourth-order valence-electron chi connectivity index (χ4n) is 10.7. The minimum atomic E-state index is -0.523. The van der Waals surface area contributed by atoms with Gasteiger partial charge in [-0.1, -0.05) is 59.9 Å². The molecule has 0 radical (unpaired) electrons. The highest BCUT2D eigenvalue weighted by molar-refractivity contribution is 5.21. The molecule has 0 unspecified atom stereocenters. The number of halogens is 2. The molecule has 0 saturated heterocycles. The summed E-state index contributed by atoms with van der Waals surface area (Å²) in [5.74, 6) is 4.42. The van der Waals surface area contributed by atoms with E-state index in [9.17, 15) is 13.9 Å². The second-order valence-corrected chi connectivity index (χ2v) is 14.8. The Bertz CT molecular complexity index is 944. The quantitative estimate of drug-likeness (QED) is 0.384. The largest absolute Gasteiger partial charge is 0.393 e. The Morgan fingerprint density at radius 2 is 1.57 bits per heavy atom. The molecule has 4 saturated carbocycles. The van der Waals surface area contributed by atoms with E-state index >= 15 is 0 Å². The highest BCUT2D eigenvalue weighted by Gasteiger charge is 2.61. The number of fused-ring (bicyclic) bond motifs is 5. The van der Waals surface area contributed by atoms with Gasteiger partial charge >= 0.3 is 0 Å². The summed E-state index contributed by atoms with van der Waals surface area (Å²) in [4.78, 5) is 0. The third-order valence-corrected chi connectivity index (χ3v) is 12.6. The van der Waals surface area contributed by atoms with Crippen LogP contribution in [0.4, 0.5) is 8.78 Å². The summed E-state index contributed by atoms with van der Waals surface area (Å²) in [5, 5.41) is 11.1. The molecule has 1 N–H and O–H groups in total. The molecule has 0 aromatic heterocycles. The first-order valence-electron chi connectivity index (χ1n) is 15.7. The van der Waals surface area contributed by atoms with Crippen LogP contribution in [0.25, 0.3) is 0 Å². The van der Waals surface area contributed by atoms with Crippen molar-refractivity contribution in [3.63, 3.8) is 0 Å². The lowest BCUT2D eigenvalue weighted by Gasteiger charge is -2.63. The van der Waals surface area contributed by atoms with E-state index in [-0.39, 0.29) is 17.4 Å². The number of aliphatic hydroxyl groups excluding tert-OH is 1. The third kappa shape index (κ3) is 4.93. The van der Waals surface area contributed by atoms with Crippen LogP contribution in [-0.4, -0.2) is 11.2 Å². The maximum absolute atomic E-state index is 14.6. The molecule has 1 aromatic carbocycles. The summed E-state index contributed by atoms with van der Waals surface area (Å²) in [6, 6.07) is 3.97. The van der Waals surface area contributed by atoms with Gasteiger partial charge in [-0.25, -0.2) is 8.78 Å². The topological polar surface area (TPSA) is 20.2 Å². The second kappa shape index (κ2) is 10.5. The first-order chi connectivity index (χ1) is 17.5. The Morgan fingerprint density at radius 3 is 2.30 bits per heavy atom. The van der Waals surface area contributed by atoms with Crippen molar-refractivity contribution in [2.45, 2.75) is 118 Å². The van der Waals surface area contributed by atoms with E-state index in [1.807, 2.05) is 0 Å². The van der Waals surface area contributed by atoms with Crippen molar-refractivity contribution in [3.05, 3.63) is 35.4 Å². The molecule has 0 aliphatic heterocycles. The molecule has 3 heteroatoms. The molecule has 4 aliphatic rings. The molecule has 1 nitrogen and oxygen atoms in total. The highest BCUT2D eigenvalue weighted by atomic mass is 19.1. The molecular weight excluding hydrogens is 462 g/mol. The van der Waals surface area contributed by atoms with Crippen LogP contribution in [0.1, 0.15) is 111 Å². The van der Waals surface area contributed by atoms with E-state index in [4.69, 9.17) is 0 Å². The Labute approximate surface area is 225 Å². The normalized spacial score (nSPS) is 42.2. The van der Waals surface area contributed by atoms with E-state index in [0.717, 1.165) is 60.8 Å². The first kappa shape index (κ1) is 27.6. The summed E-state index contributed by atoms with van der Waals surface area (Å²) in [6.07, 6.45) is 14.1. The van der Waals surface area contributed by atoms with Crippen LogP contribution in [0.15, 0.2) is 18.2 Å². The average Bonchev–Trinajstić information content (AvgIpc) is 3.19. The molecular formula is C34H52F2O. The third-order valence-electron chi connectivity index (χ3n) is 12.6.